The molecule has 2 atom stereocenters. The second-order valence-electron chi connectivity index (χ2n) is 7.40. The Labute approximate surface area is 180 Å². The summed E-state index contributed by atoms with van der Waals surface area (Å²) in [5.74, 6) is -2.45. The zero-order valence-electron chi connectivity index (χ0n) is 17.5. The molecule has 1 aliphatic rings. The molecule has 31 heavy (non-hydrogen) atoms. The van der Waals surface area contributed by atoms with Crippen molar-refractivity contribution in [3.63, 3.8) is 0 Å². The van der Waals surface area contributed by atoms with Gasteiger partial charge in [0.1, 0.15) is 0 Å². The number of ether oxygens (including phenoxy) is 1. The molecule has 8 nitrogen and oxygen atoms in total. The Kier molecular flexibility index (Phi) is 6.69. The number of para-hydroxylation sites is 1. The monoisotopic (exact) mass is 423 g/mol. The minimum absolute atomic E-state index is 0.0415. The summed E-state index contributed by atoms with van der Waals surface area (Å²) in [5.41, 5.74) is 7.78. The number of amides is 3. The first kappa shape index (κ1) is 22.0. The molecule has 162 valence electrons. The van der Waals surface area contributed by atoms with Crippen molar-refractivity contribution in [2.24, 2.45) is 11.7 Å². The summed E-state index contributed by atoms with van der Waals surface area (Å²) in [6.07, 6.45) is -0.234. The highest BCUT2D eigenvalue weighted by atomic mass is 16.5. The molecule has 2 aromatic rings. The van der Waals surface area contributed by atoms with Gasteiger partial charge in [0.2, 0.25) is 11.8 Å². The topological polar surface area (TPSA) is 119 Å². The second kappa shape index (κ2) is 9.42. The van der Waals surface area contributed by atoms with E-state index in [0.29, 0.717) is 11.3 Å². The number of benzene rings is 2. The smallest absolute Gasteiger partial charge is 0.312 e. The van der Waals surface area contributed by atoms with Crippen LogP contribution in [0.2, 0.25) is 0 Å². The van der Waals surface area contributed by atoms with Gasteiger partial charge in [-0.15, -0.1) is 0 Å². The third kappa shape index (κ3) is 5.09. The highest BCUT2D eigenvalue weighted by Gasteiger charge is 2.37. The lowest BCUT2D eigenvalue weighted by atomic mass is 10.1. The van der Waals surface area contributed by atoms with Crippen molar-refractivity contribution < 1.29 is 23.9 Å². The average molecular weight is 423 g/mol. The van der Waals surface area contributed by atoms with Gasteiger partial charge >= 0.3 is 5.97 Å². The third-order valence-corrected chi connectivity index (χ3v) is 5.22. The Bertz CT molecular complexity index is 1000. The SMILES string of the molecule is CCc1ccccc1N1C[C@@H](C(=O)O[C@@H](C)C(=O)Nc2ccc(C(N)=O)cc2)CC1=O. The number of primary amides is 1. The Hall–Kier alpha value is -3.68. The van der Waals surface area contributed by atoms with E-state index < -0.39 is 29.8 Å². The van der Waals surface area contributed by atoms with E-state index in [-0.39, 0.29) is 18.9 Å². The van der Waals surface area contributed by atoms with Gasteiger partial charge in [-0.05, 0) is 49.2 Å². The van der Waals surface area contributed by atoms with E-state index in [1.807, 2.05) is 31.2 Å². The van der Waals surface area contributed by atoms with Crippen molar-refractivity contribution in [3.8, 4) is 0 Å². The normalized spacial score (nSPS) is 16.6. The molecular formula is C23H25N3O5. The standard InChI is InChI=1S/C23H25N3O5/c1-3-15-6-4-5-7-19(15)26-13-17(12-20(26)27)23(30)31-14(2)22(29)25-18-10-8-16(9-11-18)21(24)28/h4-11,14,17H,3,12-13H2,1-2H3,(H2,24,28)(H,25,29)/t14-,17-/m0/s1. The van der Waals surface area contributed by atoms with Gasteiger partial charge in [0.15, 0.2) is 6.10 Å². The summed E-state index contributed by atoms with van der Waals surface area (Å²) in [7, 11) is 0. The van der Waals surface area contributed by atoms with E-state index in [1.165, 1.54) is 31.2 Å². The van der Waals surface area contributed by atoms with Crippen LogP contribution >= 0.6 is 0 Å². The fourth-order valence-corrected chi connectivity index (χ4v) is 3.46. The number of carbonyl (C=O) groups excluding carboxylic acids is 4. The maximum atomic E-state index is 12.6. The summed E-state index contributed by atoms with van der Waals surface area (Å²) in [6, 6.07) is 13.6. The summed E-state index contributed by atoms with van der Waals surface area (Å²) >= 11 is 0. The van der Waals surface area contributed by atoms with Crippen molar-refractivity contribution in [1.29, 1.82) is 0 Å². The molecule has 0 aliphatic carbocycles. The number of hydrogen-bond donors (Lipinski definition) is 2. The van der Waals surface area contributed by atoms with Gasteiger partial charge in [-0.25, -0.2) is 0 Å². The number of anilines is 2. The largest absolute Gasteiger partial charge is 0.452 e. The maximum Gasteiger partial charge on any atom is 0.312 e. The average Bonchev–Trinajstić information content (AvgIpc) is 3.15. The Morgan fingerprint density at radius 2 is 1.84 bits per heavy atom. The van der Waals surface area contributed by atoms with Crippen LogP contribution in [-0.2, 0) is 25.5 Å². The van der Waals surface area contributed by atoms with Crippen molar-refractivity contribution in [3.05, 3.63) is 59.7 Å². The predicted molar refractivity (Wildman–Crippen MR) is 115 cm³/mol. The highest BCUT2D eigenvalue weighted by molar-refractivity contribution is 6.01. The molecule has 1 saturated heterocycles. The molecule has 1 aliphatic heterocycles. The lowest BCUT2D eigenvalue weighted by Gasteiger charge is -2.20. The molecule has 8 heteroatoms. The van der Waals surface area contributed by atoms with Crippen molar-refractivity contribution in [2.45, 2.75) is 32.8 Å². The Balaban J connectivity index is 1.58. The second-order valence-corrected chi connectivity index (χ2v) is 7.40. The number of nitrogens with two attached hydrogens (primary N) is 1. The first-order valence-corrected chi connectivity index (χ1v) is 10.1. The van der Waals surface area contributed by atoms with Crippen molar-refractivity contribution in [1.82, 2.24) is 0 Å². The first-order chi connectivity index (χ1) is 14.8. The van der Waals surface area contributed by atoms with Crippen LogP contribution in [0.1, 0.15) is 36.2 Å². The van der Waals surface area contributed by atoms with Gasteiger partial charge in [0, 0.05) is 29.9 Å². The molecule has 3 amide bonds. The van der Waals surface area contributed by atoms with Gasteiger partial charge < -0.3 is 20.7 Å². The lowest BCUT2D eigenvalue weighted by molar-refractivity contribution is -0.157. The van der Waals surface area contributed by atoms with Gasteiger partial charge in [0.25, 0.3) is 5.91 Å². The van der Waals surface area contributed by atoms with Crippen LogP contribution in [0, 0.1) is 5.92 Å². The van der Waals surface area contributed by atoms with Crippen LogP contribution in [0.3, 0.4) is 0 Å². The van der Waals surface area contributed by atoms with Crippen LogP contribution < -0.4 is 16.0 Å². The number of nitrogens with zero attached hydrogens (tertiary/aromatic N) is 1. The first-order valence-electron chi connectivity index (χ1n) is 10.1. The molecule has 3 rings (SSSR count). The van der Waals surface area contributed by atoms with Crippen LogP contribution in [0.4, 0.5) is 11.4 Å². The summed E-state index contributed by atoms with van der Waals surface area (Å²) in [5, 5.41) is 2.62. The zero-order valence-corrected chi connectivity index (χ0v) is 17.5. The van der Waals surface area contributed by atoms with Crippen molar-refractivity contribution >= 4 is 35.1 Å². The zero-order chi connectivity index (χ0) is 22.5. The number of carbonyl (C=O) groups is 4. The number of aryl methyl sites for hydroxylation is 1. The minimum atomic E-state index is -1.05. The van der Waals surface area contributed by atoms with E-state index in [9.17, 15) is 19.2 Å². The predicted octanol–water partition coefficient (Wildman–Crippen LogP) is 2.27. The van der Waals surface area contributed by atoms with E-state index >= 15 is 0 Å². The molecule has 0 unspecified atom stereocenters. The Morgan fingerprint density at radius 3 is 2.48 bits per heavy atom. The van der Waals surface area contributed by atoms with Gasteiger partial charge in [-0.1, -0.05) is 25.1 Å². The minimum Gasteiger partial charge on any atom is -0.452 e. The molecule has 3 N–H and O–H groups in total. The molecule has 1 fully saturated rings. The van der Waals surface area contributed by atoms with Crippen LogP contribution in [0.5, 0.6) is 0 Å². The molecule has 0 bridgehead atoms. The maximum absolute atomic E-state index is 12.6. The quantitative estimate of drug-likeness (QED) is 0.662. The fourth-order valence-electron chi connectivity index (χ4n) is 3.46. The number of nitrogens with one attached hydrogen (secondary N) is 1. The molecular weight excluding hydrogens is 398 g/mol. The number of rotatable bonds is 7. The lowest BCUT2D eigenvalue weighted by Crippen LogP contribution is -2.33. The summed E-state index contributed by atoms with van der Waals surface area (Å²) in [6.45, 7) is 3.69. The van der Waals surface area contributed by atoms with Crippen LogP contribution in [0.25, 0.3) is 0 Å². The molecule has 2 aromatic carbocycles. The van der Waals surface area contributed by atoms with E-state index in [1.54, 1.807) is 4.90 Å². The molecule has 0 radical (unpaired) electrons. The van der Waals surface area contributed by atoms with E-state index in [2.05, 4.69) is 5.32 Å². The molecule has 0 spiro atoms. The highest BCUT2D eigenvalue weighted by Crippen LogP contribution is 2.29. The van der Waals surface area contributed by atoms with Crippen molar-refractivity contribution in [2.75, 3.05) is 16.8 Å². The Morgan fingerprint density at radius 1 is 1.16 bits per heavy atom. The van der Waals surface area contributed by atoms with Gasteiger partial charge in [-0.3, -0.25) is 19.2 Å². The van der Waals surface area contributed by atoms with Gasteiger partial charge in [-0.2, -0.15) is 0 Å². The van der Waals surface area contributed by atoms with Gasteiger partial charge in [0.05, 0.1) is 5.92 Å². The number of hydrogen-bond acceptors (Lipinski definition) is 5. The summed E-state index contributed by atoms with van der Waals surface area (Å²) in [4.78, 5) is 50.2. The van der Waals surface area contributed by atoms with E-state index in [4.69, 9.17) is 10.5 Å². The van der Waals surface area contributed by atoms with Crippen LogP contribution in [-0.4, -0.2) is 36.3 Å². The molecule has 1 heterocycles. The third-order valence-electron chi connectivity index (χ3n) is 5.22. The van der Waals surface area contributed by atoms with Crippen LogP contribution in [0.15, 0.2) is 48.5 Å². The fraction of sp³-hybridized carbons (Fsp3) is 0.304. The summed E-state index contributed by atoms with van der Waals surface area (Å²) < 4.78 is 5.32. The van der Waals surface area contributed by atoms with E-state index in [0.717, 1.165) is 17.7 Å². The number of esters is 1. The molecule has 0 saturated carbocycles. The molecule has 0 aromatic heterocycles.